The smallest absolute Gasteiger partial charge is 0.196 e. The molecule has 0 aliphatic heterocycles. The minimum atomic E-state index is 0.0435. The van der Waals surface area contributed by atoms with Gasteiger partial charge in [-0.25, -0.2) is 0 Å². The molecule has 0 aliphatic rings. The summed E-state index contributed by atoms with van der Waals surface area (Å²) in [5, 5.41) is 20.5. The third-order valence-corrected chi connectivity index (χ3v) is 6.05. The first kappa shape index (κ1) is 21.3. The first-order chi connectivity index (χ1) is 15.1. The van der Waals surface area contributed by atoms with Crippen LogP contribution < -0.4 is 0 Å². The lowest BCUT2D eigenvalue weighted by Gasteiger charge is -2.03. The largest absolute Gasteiger partial charge is 0.494 e. The summed E-state index contributed by atoms with van der Waals surface area (Å²) >= 11 is 13.0. The van der Waals surface area contributed by atoms with E-state index < -0.39 is 0 Å². The number of nitrogens with zero attached hydrogens (tertiary/aromatic N) is 2. The third kappa shape index (κ3) is 5.41. The molecule has 0 unspecified atom stereocenters. The standard InChI is InChI=1S/C24H18ClN3OS2/c25-18-11-12-21-19(13-18)20(23(29)26-21)14-22(17-9-5-2-6-10-17)27-28-24(30)31-15-16-7-3-1-4-8-16/h1-14,26,29H,15H2/b22-14+,28-27?. The summed E-state index contributed by atoms with van der Waals surface area (Å²) in [7, 11) is 0. The Morgan fingerprint density at radius 3 is 2.45 bits per heavy atom. The van der Waals surface area contributed by atoms with Crippen LogP contribution in [0, 0.1) is 0 Å². The van der Waals surface area contributed by atoms with Crippen LogP contribution in [0.25, 0.3) is 22.7 Å². The third-order valence-electron chi connectivity index (χ3n) is 4.58. The predicted octanol–water partition coefficient (Wildman–Crippen LogP) is 7.70. The SMILES string of the molecule is Oc1[nH]c2ccc(Cl)cc2c1/C=C(/N=NC(=S)SCc1ccccc1)c1ccccc1. The molecule has 7 heteroatoms. The Morgan fingerprint density at radius 1 is 1.00 bits per heavy atom. The lowest BCUT2D eigenvalue weighted by Crippen LogP contribution is -1.86. The van der Waals surface area contributed by atoms with E-state index in [1.165, 1.54) is 17.3 Å². The quantitative estimate of drug-likeness (QED) is 0.235. The average molecular weight is 464 g/mol. The molecule has 31 heavy (non-hydrogen) atoms. The highest BCUT2D eigenvalue weighted by molar-refractivity contribution is 8.22. The number of hydrogen-bond acceptors (Lipinski definition) is 4. The zero-order valence-corrected chi connectivity index (χ0v) is 18.7. The molecule has 0 bridgehead atoms. The lowest BCUT2D eigenvalue weighted by molar-refractivity contribution is 0.457. The van der Waals surface area contributed by atoms with Gasteiger partial charge in [0.1, 0.15) is 0 Å². The van der Waals surface area contributed by atoms with Crippen LogP contribution in [-0.4, -0.2) is 14.4 Å². The van der Waals surface area contributed by atoms with Crippen molar-refractivity contribution in [3.63, 3.8) is 0 Å². The first-order valence-electron chi connectivity index (χ1n) is 9.50. The number of aromatic nitrogens is 1. The maximum Gasteiger partial charge on any atom is 0.196 e. The molecule has 0 spiro atoms. The minimum Gasteiger partial charge on any atom is -0.494 e. The van der Waals surface area contributed by atoms with Crippen molar-refractivity contribution in [2.45, 2.75) is 5.75 Å². The van der Waals surface area contributed by atoms with E-state index in [9.17, 15) is 5.11 Å². The molecule has 0 radical (unpaired) electrons. The molecule has 0 atom stereocenters. The number of rotatable bonds is 5. The van der Waals surface area contributed by atoms with E-state index in [2.05, 4.69) is 15.2 Å². The van der Waals surface area contributed by atoms with E-state index in [0.29, 0.717) is 20.6 Å². The number of thioether (sulfide) groups is 1. The molecule has 2 N–H and O–H groups in total. The van der Waals surface area contributed by atoms with Gasteiger partial charge in [-0.15, -0.1) is 10.2 Å². The van der Waals surface area contributed by atoms with E-state index in [1.807, 2.05) is 66.7 Å². The van der Waals surface area contributed by atoms with Gasteiger partial charge in [0.25, 0.3) is 0 Å². The molecule has 0 fully saturated rings. The molecule has 3 aromatic carbocycles. The zero-order valence-electron chi connectivity index (χ0n) is 16.3. The molecular weight excluding hydrogens is 446 g/mol. The van der Waals surface area contributed by atoms with Crippen LogP contribution in [0.1, 0.15) is 16.7 Å². The Balaban J connectivity index is 1.64. The highest BCUT2D eigenvalue weighted by Gasteiger charge is 2.12. The number of aromatic amines is 1. The second-order valence-corrected chi connectivity index (χ2v) is 8.76. The lowest BCUT2D eigenvalue weighted by atomic mass is 10.1. The van der Waals surface area contributed by atoms with Gasteiger partial charge >= 0.3 is 0 Å². The molecule has 4 rings (SSSR count). The van der Waals surface area contributed by atoms with Crippen molar-refractivity contribution in [2.75, 3.05) is 0 Å². The Morgan fingerprint density at radius 2 is 1.71 bits per heavy atom. The maximum absolute atomic E-state index is 10.5. The highest BCUT2D eigenvalue weighted by atomic mass is 35.5. The Labute approximate surface area is 194 Å². The van der Waals surface area contributed by atoms with Crippen molar-refractivity contribution in [2.24, 2.45) is 10.2 Å². The summed E-state index contributed by atoms with van der Waals surface area (Å²) < 4.78 is 0.442. The van der Waals surface area contributed by atoms with Gasteiger partial charge in [0, 0.05) is 32.8 Å². The van der Waals surface area contributed by atoms with E-state index >= 15 is 0 Å². The van der Waals surface area contributed by atoms with Gasteiger partial charge in [0.15, 0.2) is 10.2 Å². The molecule has 1 aromatic heterocycles. The van der Waals surface area contributed by atoms with Crippen LogP contribution in [0.5, 0.6) is 5.88 Å². The van der Waals surface area contributed by atoms with Crippen LogP contribution >= 0.6 is 35.6 Å². The number of fused-ring (bicyclic) bond motifs is 1. The first-order valence-corrected chi connectivity index (χ1v) is 11.3. The van der Waals surface area contributed by atoms with Crippen LogP contribution in [0.4, 0.5) is 0 Å². The van der Waals surface area contributed by atoms with Gasteiger partial charge in [0.2, 0.25) is 0 Å². The topological polar surface area (TPSA) is 60.7 Å². The monoisotopic (exact) mass is 463 g/mol. The number of thiocarbonyl (C=S) groups is 1. The van der Waals surface area contributed by atoms with Crippen LogP contribution in [0.2, 0.25) is 5.02 Å². The predicted molar refractivity (Wildman–Crippen MR) is 134 cm³/mol. The zero-order chi connectivity index (χ0) is 21.6. The maximum atomic E-state index is 10.5. The summed E-state index contributed by atoms with van der Waals surface area (Å²) in [6.07, 6.45) is 1.79. The molecule has 0 saturated carbocycles. The van der Waals surface area contributed by atoms with Crippen molar-refractivity contribution in [3.8, 4) is 5.88 Å². The summed E-state index contributed by atoms with van der Waals surface area (Å²) in [6, 6.07) is 25.1. The number of benzene rings is 3. The fourth-order valence-corrected chi connectivity index (χ4v) is 4.05. The Kier molecular flexibility index (Phi) is 6.82. The Hall–Kier alpha value is -2.93. The van der Waals surface area contributed by atoms with E-state index in [0.717, 1.165) is 22.2 Å². The molecular formula is C24H18ClN3OS2. The van der Waals surface area contributed by atoms with Gasteiger partial charge in [-0.05, 0) is 42.1 Å². The van der Waals surface area contributed by atoms with E-state index in [4.69, 9.17) is 23.8 Å². The van der Waals surface area contributed by atoms with E-state index in [-0.39, 0.29) is 5.88 Å². The van der Waals surface area contributed by atoms with Crippen molar-refractivity contribution < 1.29 is 5.11 Å². The van der Waals surface area contributed by atoms with Gasteiger partial charge < -0.3 is 10.1 Å². The molecule has 0 aliphatic carbocycles. The van der Waals surface area contributed by atoms with Gasteiger partial charge in [0.05, 0.1) is 5.70 Å². The molecule has 4 aromatic rings. The van der Waals surface area contributed by atoms with Crippen molar-refractivity contribution in [3.05, 3.63) is 101 Å². The van der Waals surface area contributed by atoms with Crippen molar-refractivity contribution >= 4 is 62.6 Å². The average Bonchev–Trinajstić information content (AvgIpc) is 3.10. The second-order valence-electron chi connectivity index (χ2n) is 6.71. The number of hydrogen-bond donors (Lipinski definition) is 2. The summed E-state index contributed by atoms with van der Waals surface area (Å²) in [4.78, 5) is 2.96. The molecule has 0 amide bonds. The summed E-state index contributed by atoms with van der Waals surface area (Å²) in [5.74, 6) is 0.770. The fourth-order valence-electron chi connectivity index (χ4n) is 3.08. The van der Waals surface area contributed by atoms with Gasteiger partial charge in [-0.1, -0.05) is 84.0 Å². The normalized spacial score (nSPS) is 12.0. The summed E-state index contributed by atoms with van der Waals surface area (Å²) in [6.45, 7) is 0. The number of H-pyrrole nitrogens is 1. The number of aromatic hydroxyl groups is 1. The molecule has 154 valence electrons. The number of halogens is 1. The minimum absolute atomic E-state index is 0.0435. The Bertz CT molecular complexity index is 1270. The van der Waals surface area contributed by atoms with Crippen LogP contribution in [-0.2, 0) is 5.75 Å². The molecule has 1 heterocycles. The van der Waals surface area contributed by atoms with Gasteiger partial charge in [-0.2, -0.15) is 0 Å². The second kappa shape index (κ2) is 9.92. The molecule has 0 saturated heterocycles. The highest BCUT2D eigenvalue weighted by Crippen LogP contribution is 2.33. The number of nitrogens with one attached hydrogen (secondary N) is 1. The van der Waals surface area contributed by atoms with Crippen molar-refractivity contribution in [1.29, 1.82) is 0 Å². The van der Waals surface area contributed by atoms with Crippen molar-refractivity contribution in [1.82, 2.24) is 4.98 Å². The van der Waals surface area contributed by atoms with Crippen LogP contribution in [0.15, 0.2) is 89.1 Å². The number of azo groups is 1. The van der Waals surface area contributed by atoms with Gasteiger partial charge in [-0.3, -0.25) is 0 Å². The summed E-state index contributed by atoms with van der Waals surface area (Å²) in [5.41, 5.74) is 3.99. The molecule has 4 nitrogen and oxygen atoms in total. The van der Waals surface area contributed by atoms with Crippen LogP contribution in [0.3, 0.4) is 0 Å². The fraction of sp³-hybridized carbons (Fsp3) is 0.0417. The van der Waals surface area contributed by atoms with E-state index in [1.54, 1.807) is 18.2 Å².